The van der Waals surface area contributed by atoms with Crippen molar-refractivity contribution in [1.82, 2.24) is 0 Å². The molecule has 0 aliphatic heterocycles. The summed E-state index contributed by atoms with van der Waals surface area (Å²) in [5.74, 6) is -1.20. The van der Waals surface area contributed by atoms with Crippen molar-refractivity contribution in [1.29, 1.82) is 0 Å². The first-order valence-electron chi connectivity index (χ1n) is 3.86. The quantitative estimate of drug-likeness (QED) is 0.549. The highest BCUT2D eigenvalue weighted by atomic mass is 19.1. The molecule has 1 rings (SSSR count). The van der Waals surface area contributed by atoms with Gasteiger partial charge in [0, 0.05) is 0 Å². The van der Waals surface area contributed by atoms with Crippen LogP contribution in [0, 0.1) is 10.7 Å². The predicted octanol–water partition coefficient (Wildman–Crippen LogP) is 1.94. The van der Waals surface area contributed by atoms with Crippen LogP contribution in [-0.4, -0.2) is 13.1 Å². The topological polar surface area (TPSA) is 55.7 Å². The minimum Gasteiger partial charge on any atom is -0.469 e. The first kappa shape index (κ1) is 10.3. The maximum atomic E-state index is 13.0. The van der Waals surface area contributed by atoms with Gasteiger partial charge in [-0.25, -0.2) is 4.39 Å². The molecule has 0 aliphatic rings. The lowest BCUT2D eigenvalue weighted by Crippen LogP contribution is -2.04. The van der Waals surface area contributed by atoms with Crippen molar-refractivity contribution >= 4 is 11.7 Å². The molecule has 0 aliphatic carbocycles. The number of hydrogen-bond donors (Lipinski definition) is 0. The Labute approximate surface area is 79.7 Å². The second-order valence-corrected chi connectivity index (χ2v) is 2.63. The summed E-state index contributed by atoms with van der Waals surface area (Å²) >= 11 is 0. The van der Waals surface area contributed by atoms with E-state index in [1.165, 1.54) is 19.2 Å². The molecule has 0 N–H and O–H groups in total. The molecule has 0 amide bonds. The molecule has 74 valence electrons. The van der Waals surface area contributed by atoms with E-state index in [1.807, 2.05) is 0 Å². The summed E-state index contributed by atoms with van der Waals surface area (Å²) in [6, 6.07) is 3.77. The highest BCUT2D eigenvalue weighted by molar-refractivity contribution is 5.72. The van der Waals surface area contributed by atoms with E-state index in [2.05, 4.69) is 9.91 Å². The number of nitrogens with zero attached hydrogens (tertiary/aromatic N) is 1. The lowest BCUT2D eigenvalue weighted by Gasteiger charge is -2.00. The van der Waals surface area contributed by atoms with Gasteiger partial charge in [0.05, 0.1) is 13.5 Å². The Hall–Kier alpha value is -1.78. The Morgan fingerprint density at radius 2 is 2.29 bits per heavy atom. The van der Waals surface area contributed by atoms with E-state index in [-0.39, 0.29) is 12.1 Å². The Morgan fingerprint density at radius 1 is 1.57 bits per heavy atom. The lowest BCUT2D eigenvalue weighted by molar-refractivity contribution is -0.139. The van der Waals surface area contributed by atoms with Crippen LogP contribution >= 0.6 is 0 Å². The fraction of sp³-hybridized carbons (Fsp3) is 0.222. The van der Waals surface area contributed by atoms with E-state index >= 15 is 0 Å². The van der Waals surface area contributed by atoms with Crippen LogP contribution in [0.2, 0.25) is 0 Å². The van der Waals surface area contributed by atoms with Crippen LogP contribution in [-0.2, 0) is 16.0 Å². The number of carbonyl (C=O) groups is 1. The van der Waals surface area contributed by atoms with Gasteiger partial charge in [-0.3, -0.25) is 4.79 Å². The average Bonchev–Trinajstić information content (AvgIpc) is 2.18. The summed E-state index contributed by atoms with van der Waals surface area (Å²) in [5, 5.41) is 2.47. The fourth-order valence-corrected chi connectivity index (χ4v) is 0.973. The molecule has 0 fully saturated rings. The molecule has 0 saturated heterocycles. The summed E-state index contributed by atoms with van der Waals surface area (Å²) < 4.78 is 17.4. The number of methoxy groups -OCH3 is 1. The van der Waals surface area contributed by atoms with E-state index in [1.54, 1.807) is 0 Å². The number of hydrogen-bond acceptors (Lipinski definition) is 4. The first-order valence-corrected chi connectivity index (χ1v) is 3.86. The molecule has 0 radical (unpaired) electrons. The summed E-state index contributed by atoms with van der Waals surface area (Å²) in [6.45, 7) is 0. The number of esters is 1. The molecular weight excluding hydrogens is 189 g/mol. The van der Waals surface area contributed by atoms with Crippen molar-refractivity contribution in [3.05, 3.63) is 34.5 Å². The molecule has 0 saturated carbocycles. The number of nitroso groups, excluding NO2 is 1. The van der Waals surface area contributed by atoms with Gasteiger partial charge in [-0.2, -0.15) is 0 Å². The minimum absolute atomic E-state index is 0.0213. The van der Waals surface area contributed by atoms with Crippen LogP contribution in [0.1, 0.15) is 5.56 Å². The van der Waals surface area contributed by atoms with E-state index in [9.17, 15) is 14.1 Å². The van der Waals surface area contributed by atoms with Crippen molar-refractivity contribution in [3.63, 3.8) is 0 Å². The van der Waals surface area contributed by atoms with E-state index in [4.69, 9.17) is 0 Å². The third kappa shape index (κ3) is 2.35. The van der Waals surface area contributed by atoms with Crippen molar-refractivity contribution < 1.29 is 13.9 Å². The predicted molar refractivity (Wildman–Crippen MR) is 47.6 cm³/mol. The van der Waals surface area contributed by atoms with Gasteiger partial charge >= 0.3 is 5.97 Å². The van der Waals surface area contributed by atoms with Crippen LogP contribution in [0.15, 0.2) is 23.4 Å². The van der Waals surface area contributed by atoms with Crippen LogP contribution in [0.3, 0.4) is 0 Å². The molecule has 0 unspecified atom stereocenters. The normalized spacial score (nSPS) is 9.57. The van der Waals surface area contributed by atoms with Gasteiger partial charge in [0.15, 0.2) is 5.82 Å². The van der Waals surface area contributed by atoms with Gasteiger partial charge in [-0.1, -0.05) is 6.07 Å². The summed E-state index contributed by atoms with van der Waals surface area (Å²) in [5.41, 5.74) is 0.181. The number of carbonyl (C=O) groups excluding carboxylic acids is 1. The third-order valence-corrected chi connectivity index (χ3v) is 1.69. The van der Waals surface area contributed by atoms with Gasteiger partial charge in [0.2, 0.25) is 0 Å². The molecule has 4 nitrogen and oxygen atoms in total. The van der Waals surface area contributed by atoms with E-state index in [0.717, 1.165) is 6.07 Å². The standard InChI is InChI=1S/C9H8FNO3/c1-14-9(12)5-6-2-3-8(11-13)7(10)4-6/h2-4H,5H2,1H3. The van der Waals surface area contributed by atoms with Crippen molar-refractivity contribution in [2.75, 3.05) is 7.11 Å². The molecule has 1 aromatic carbocycles. The van der Waals surface area contributed by atoms with Gasteiger partial charge in [0.25, 0.3) is 0 Å². The monoisotopic (exact) mass is 197 g/mol. The highest BCUT2D eigenvalue weighted by Crippen LogP contribution is 2.18. The minimum atomic E-state index is -0.735. The molecule has 14 heavy (non-hydrogen) atoms. The number of benzene rings is 1. The molecule has 0 aromatic heterocycles. The maximum absolute atomic E-state index is 13.0. The molecule has 1 aromatic rings. The Balaban J connectivity index is 2.86. The van der Waals surface area contributed by atoms with Crippen molar-refractivity contribution in [2.24, 2.45) is 5.18 Å². The van der Waals surface area contributed by atoms with E-state index < -0.39 is 11.8 Å². The second-order valence-electron chi connectivity index (χ2n) is 2.63. The summed E-state index contributed by atoms with van der Waals surface area (Å²) in [6.07, 6.45) is -0.0213. The average molecular weight is 197 g/mol. The van der Waals surface area contributed by atoms with Gasteiger partial charge in [-0.05, 0) is 22.9 Å². The number of ether oxygens (including phenoxy) is 1. The second kappa shape index (κ2) is 4.45. The van der Waals surface area contributed by atoms with Crippen LogP contribution in [0.5, 0.6) is 0 Å². The van der Waals surface area contributed by atoms with Gasteiger partial charge in [-0.15, -0.1) is 4.91 Å². The Morgan fingerprint density at radius 3 is 2.79 bits per heavy atom. The molecular formula is C9H8FNO3. The Kier molecular flexibility index (Phi) is 3.28. The van der Waals surface area contributed by atoms with Gasteiger partial charge < -0.3 is 4.74 Å². The zero-order valence-corrected chi connectivity index (χ0v) is 7.49. The fourth-order valence-electron chi connectivity index (χ4n) is 0.973. The number of rotatable bonds is 3. The maximum Gasteiger partial charge on any atom is 0.309 e. The van der Waals surface area contributed by atoms with Crippen molar-refractivity contribution in [2.45, 2.75) is 6.42 Å². The summed E-state index contributed by atoms with van der Waals surface area (Å²) in [7, 11) is 1.25. The van der Waals surface area contributed by atoms with Crippen LogP contribution in [0.4, 0.5) is 10.1 Å². The third-order valence-electron chi connectivity index (χ3n) is 1.69. The molecule has 0 heterocycles. The van der Waals surface area contributed by atoms with Crippen LogP contribution < -0.4 is 0 Å². The smallest absolute Gasteiger partial charge is 0.309 e. The SMILES string of the molecule is COC(=O)Cc1ccc(N=O)c(F)c1. The lowest BCUT2D eigenvalue weighted by atomic mass is 10.1. The zero-order valence-electron chi connectivity index (χ0n) is 7.49. The molecule has 0 spiro atoms. The zero-order chi connectivity index (χ0) is 10.6. The molecule has 0 bridgehead atoms. The van der Waals surface area contributed by atoms with Crippen molar-refractivity contribution in [3.8, 4) is 0 Å². The van der Waals surface area contributed by atoms with Gasteiger partial charge in [0.1, 0.15) is 5.69 Å². The van der Waals surface area contributed by atoms with Crippen LogP contribution in [0.25, 0.3) is 0 Å². The largest absolute Gasteiger partial charge is 0.469 e. The summed E-state index contributed by atoms with van der Waals surface area (Å²) in [4.78, 5) is 20.9. The first-order chi connectivity index (χ1) is 6.67. The van der Waals surface area contributed by atoms with E-state index in [0.29, 0.717) is 5.56 Å². The molecule has 0 atom stereocenters. The molecule has 5 heteroatoms. The highest BCUT2D eigenvalue weighted by Gasteiger charge is 2.07. The number of halogens is 1. The Bertz CT molecular complexity index is 365.